The van der Waals surface area contributed by atoms with Crippen molar-refractivity contribution in [1.29, 1.82) is 0 Å². The van der Waals surface area contributed by atoms with Gasteiger partial charge in [0.1, 0.15) is 24.4 Å². The monoisotopic (exact) mass is 758 g/mol. The fourth-order valence-electron chi connectivity index (χ4n) is 4.61. The molecule has 4 atom stereocenters. The smallest absolute Gasteiger partial charge is 0.297 e. The predicted molar refractivity (Wildman–Crippen MR) is 197 cm³/mol. The van der Waals surface area contributed by atoms with Crippen LogP contribution in [0.1, 0.15) is 66.5 Å². The van der Waals surface area contributed by atoms with E-state index in [-0.39, 0.29) is 33.1 Å². The highest BCUT2D eigenvalue weighted by Gasteiger charge is 2.53. The Hall–Kier alpha value is -1.47. The molecule has 0 amide bonds. The van der Waals surface area contributed by atoms with Crippen molar-refractivity contribution in [3.8, 4) is 0 Å². The molecule has 0 aliphatic carbocycles. The van der Waals surface area contributed by atoms with E-state index in [1.54, 1.807) is 38.1 Å². The SMILES string of the molecule is Cc1ccc(S(=O)(=O)O[C@H](CO[Si](C)(C)C(C)(C)C)[C@H]2OC(C)(C)O[C@@H]2[C@@H](CO[Si](C)(C)C(C)(C)C)OS(=O)(=O)c2ccc(C)cc2)cc1. The van der Waals surface area contributed by atoms with Gasteiger partial charge < -0.3 is 18.3 Å². The van der Waals surface area contributed by atoms with Crippen LogP contribution in [0.2, 0.25) is 36.3 Å². The Labute approximate surface area is 297 Å². The van der Waals surface area contributed by atoms with E-state index in [1.807, 2.05) is 13.8 Å². The summed E-state index contributed by atoms with van der Waals surface area (Å²) in [6, 6.07) is 12.7. The van der Waals surface area contributed by atoms with E-state index >= 15 is 0 Å². The number of hydrogen-bond acceptors (Lipinski definition) is 10. The van der Waals surface area contributed by atoms with Crippen LogP contribution in [0, 0.1) is 13.8 Å². The Morgan fingerprint density at radius 1 is 0.633 bits per heavy atom. The van der Waals surface area contributed by atoms with Crippen LogP contribution >= 0.6 is 0 Å². The molecule has 0 bridgehead atoms. The molecule has 1 aliphatic rings. The zero-order valence-electron chi connectivity index (χ0n) is 31.7. The number of ether oxygens (including phenoxy) is 2. The first-order valence-electron chi connectivity index (χ1n) is 16.7. The lowest BCUT2D eigenvalue weighted by Crippen LogP contribution is -2.52. The average Bonchev–Trinajstić information content (AvgIpc) is 3.27. The van der Waals surface area contributed by atoms with E-state index in [0.29, 0.717) is 0 Å². The summed E-state index contributed by atoms with van der Waals surface area (Å²) in [5.41, 5.74) is 1.78. The molecule has 0 spiro atoms. The second kappa shape index (κ2) is 14.9. The van der Waals surface area contributed by atoms with Crippen LogP contribution in [0.4, 0.5) is 0 Å². The molecule has 49 heavy (non-hydrogen) atoms. The molecular weight excluding hydrogens is 701 g/mol. The van der Waals surface area contributed by atoms with Crippen LogP contribution in [0.15, 0.2) is 58.3 Å². The third-order valence-corrected chi connectivity index (χ3v) is 21.5. The molecular formula is C35H58O10S2Si2. The highest BCUT2D eigenvalue weighted by atomic mass is 32.2. The number of hydrogen-bond donors (Lipinski definition) is 0. The number of rotatable bonds is 14. The van der Waals surface area contributed by atoms with Gasteiger partial charge in [0.15, 0.2) is 22.4 Å². The van der Waals surface area contributed by atoms with Gasteiger partial charge in [-0.05, 0) is 88.2 Å². The second-order valence-corrected chi connectivity index (χ2v) is 29.3. The Morgan fingerprint density at radius 3 is 1.18 bits per heavy atom. The van der Waals surface area contributed by atoms with E-state index in [2.05, 4.69) is 67.7 Å². The van der Waals surface area contributed by atoms with E-state index in [0.717, 1.165) is 11.1 Å². The van der Waals surface area contributed by atoms with E-state index in [4.69, 9.17) is 26.7 Å². The highest BCUT2D eigenvalue weighted by Crippen LogP contribution is 2.41. The fourth-order valence-corrected chi connectivity index (χ4v) is 8.78. The van der Waals surface area contributed by atoms with Crippen molar-refractivity contribution in [3.05, 3.63) is 59.7 Å². The molecule has 1 aliphatic heterocycles. The summed E-state index contributed by atoms with van der Waals surface area (Å²) in [7, 11) is -13.5. The topological polar surface area (TPSA) is 124 Å². The molecule has 2 aromatic carbocycles. The quantitative estimate of drug-likeness (QED) is 0.140. The van der Waals surface area contributed by atoms with E-state index in [1.165, 1.54) is 24.3 Å². The molecule has 278 valence electrons. The van der Waals surface area contributed by atoms with Crippen LogP contribution in [0.3, 0.4) is 0 Å². The normalized spacial score (nSPS) is 20.7. The maximum absolute atomic E-state index is 13.8. The van der Waals surface area contributed by atoms with E-state index < -0.39 is 67.1 Å². The van der Waals surface area contributed by atoms with Crippen molar-refractivity contribution in [3.63, 3.8) is 0 Å². The van der Waals surface area contributed by atoms with Gasteiger partial charge in [-0.3, -0.25) is 8.37 Å². The van der Waals surface area contributed by atoms with Crippen molar-refractivity contribution in [1.82, 2.24) is 0 Å². The lowest BCUT2D eigenvalue weighted by atomic mass is 10.0. The van der Waals surface area contributed by atoms with Gasteiger partial charge >= 0.3 is 0 Å². The molecule has 0 aromatic heterocycles. The molecule has 0 N–H and O–H groups in total. The summed E-state index contributed by atoms with van der Waals surface area (Å²) < 4.78 is 92.9. The van der Waals surface area contributed by atoms with Crippen LogP contribution in [0.25, 0.3) is 0 Å². The van der Waals surface area contributed by atoms with Crippen LogP contribution < -0.4 is 0 Å². The van der Waals surface area contributed by atoms with Crippen molar-refractivity contribution in [2.75, 3.05) is 13.2 Å². The zero-order chi connectivity index (χ0) is 37.4. The third kappa shape index (κ3) is 10.8. The number of benzene rings is 2. The summed E-state index contributed by atoms with van der Waals surface area (Å²) >= 11 is 0. The van der Waals surface area contributed by atoms with Gasteiger partial charge in [0.25, 0.3) is 20.2 Å². The third-order valence-electron chi connectivity index (χ3n) is 9.85. The fraction of sp³-hybridized carbons (Fsp3) is 0.657. The molecule has 0 radical (unpaired) electrons. The van der Waals surface area contributed by atoms with Gasteiger partial charge in [0, 0.05) is 0 Å². The predicted octanol–water partition coefficient (Wildman–Crippen LogP) is 7.72. The Balaban J connectivity index is 2.12. The molecule has 1 fully saturated rings. The van der Waals surface area contributed by atoms with Crippen LogP contribution in [0.5, 0.6) is 0 Å². The van der Waals surface area contributed by atoms with Gasteiger partial charge in [-0.25, -0.2) is 0 Å². The maximum atomic E-state index is 13.8. The first kappa shape index (κ1) is 42.0. The minimum atomic E-state index is -4.32. The average molecular weight is 759 g/mol. The maximum Gasteiger partial charge on any atom is 0.297 e. The van der Waals surface area contributed by atoms with E-state index in [9.17, 15) is 16.8 Å². The standard InChI is InChI=1S/C35H58O10S2Si2/c1-25-15-19-27(20-16-25)46(36,37)44-29(23-40-48(11,12)33(3,4)5)31-32(43-35(9,10)42-31)30(24-41-49(13,14)34(6,7)8)45-47(38,39)28-21-17-26(2)18-22-28/h15-22,29-32H,23-24H2,1-14H3/t29-,30-,31-,32-/m1/s1. The molecule has 14 heteroatoms. The van der Waals surface area contributed by atoms with Gasteiger partial charge in [-0.1, -0.05) is 76.9 Å². The first-order chi connectivity index (χ1) is 22.1. The van der Waals surface area contributed by atoms with Gasteiger partial charge in [0.05, 0.1) is 23.0 Å². The lowest BCUT2D eigenvalue weighted by molar-refractivity contribution is -0.160. The molecule has 10 nitrogen and oxygen atoms in total. The summed E-state index contributed by atoms with van der Waals surface area (Å²) in [6.07, 6.45) is -4.70. The highest BCUT2D eigenvalue weighted by molar-refractivity contribution is 7.87. The first-order valence-corrected chi connectivity index (χ1v) is 25.3. The second-order valence-electron chi connectivity index (χ2n) is 16.5. The van der Waals surface area contributed by atoms with Crippen molar-refractivity contribution in [2.24, 2.45) is 0 Å². The van der Waals surface area contributed by atoms with Crippen molar-refractivity contribution < 1.29 is 43.5 Å². The zero-order valence-corrected chi connectivity index (χ0v) is 35.4. The van der Waals surface area contributed by atoms with Crippen LogP contribution in [-0.2, 0) is 46.9 Å². The molecule has 2 aromatic rings. The Bertz CT molecular complexity index is 1500. The van der Waals surface area contributed by atoms with Gasteiger partial charge in [-0.15, -0.1) is 0 Å². The summed E-state index contributed by atoms with van der Waals surface area (Å²) in [5, 5.41) is -0.381. The Kier molecular flexibility index (Phi) is 12.7. The minimum absolute atomic E-state index is 0.0267. The Morgan fingerprint density at radius 2 is 0.918 bits per heavy atom. The molecule has 3 rings (SSSR count). The lowest BCUT2D eigenvalue weighted by Gasteiger charge is -2.39. The minimum Gasteiger partial charge on any atom is -0.414 e. The summed E-state index contributed by atoms with van der Waals surface area (Å²) in [5.74, 6) is -1.26. The summed E-state index contributed by atoms with van der Waals surface area (Å²) in [4.78, 5) is -0.0534. The molecule has 1 heterocycles. The number of aryl methyl sites for hydroxylation is 2. The van der Waals surface area contributed by atoms with Crippen LogP contribution in [-0.4, -0.2) is 76.9 Å². The summed E-state index contributed by atoms with van der Waals surface area (Å²) in [6.45, 7) is 27.5. The van der Waals surface area contributed by atoms with Crippen molar-refractivity contribution >= 4 is 36.9 Å². The molecule has 0 unspecified atom stereocenters. The van der Waals surface area contributed by atoms with Gasteiger partial charge in [-0.2, -0.15) is 16.8 Å². The largest absolute Gasteiger partial charge is 0.414 e. The van der Waals surface area contributed by atoms with Crippen molar-refractivity contribution in [2.45, 2.75) is 145 Å². The van der Waals surface area contributed by atoms with Gasteiger partial charge in [0.2, 0.25) is 0 Å². The molecule has 1 saturated heterocycles. The molecule has 0 saturated carbocycles.